The number of benzene rings is 2. The lowest BCUT2D eigenvalue weighted by Crippen LogP contribution is -2.27. The van der Waals surface area contributed by atoms with Crippen LogP contribution in [0.2, 0.25) is 0 Å². The van der Waals surface area contributed by atoms with Crippen LogP contribution in [-0.4, -0.2) is 49.5 Å². The fourth-order valence-electron chi connectivity index (χ4n) is 4.00. The van der Waals surface area contributed by atoms with Crippen molar-refractivity contribution in [3.63, 3.8) is 0 Å². The van der Waals surface area contributed by atoms with Crippen molar-refractivity contribution in [3.8, 4) is 11.5 Å². The molecule has 1 fully saturated rings. The monoisotopic (exact) mass is 473 g/mol. The maximum atomic E-state index is 12.8. The van der Waals surface area contributed by atoms with E-state index in [1.807, 2.05) is 23.6 Å². The van der Waals surface area contributed by atoms with Gasteiger partial charge in [0.1, 0.15) is 13.2 Å². The molecule has 10 heteroatoms. The van der Waals surface area contributed by atoms with Crippen LogP contribution in [0.3, 0.4) is 0 Å². The van der Waals surface area contributed by atoms with Crippen molar-refractivity contribution in [3.05, 3.63) is 46.8 Å². The van der Waals surface area contributed by atoms with Crippen LogP contribution in [0.1, 0.15) is 30.1 Å². The number of sulfonamides is 1. The number of aryl methyl sites for hydroxylation is 1. The predicted octanol–water partition coefficient (Wildman–Crippen LogP) is 3.02. The Kier molecular flexibility index (Phi) is 5.52. The number of aromatic nitrogens is 1. The van der Waals surface area contributed by atoms with Crippen molar-refractivity contribution < 1.29 is 22.7 Å². The second-order valence-electron chi connectivity index (χ2n) is 7.65. The van der Waals surface area contributed by atoms with Gasteiger partial charge in [-0.05, 0) is 44.0 Å². The van der Waals surface area contributed by atoms with Gasteiger partial charge in [0.2, 0.25) is 10.0 Å². The number of carbonyl (C=O) groups excluding carboxylic acids is 1. The Bertz CT molecular complexity index is 1350. The molecule has 0 saturated carbocycles. The van der Waals surface area contributed by atoms with Crippen LogP contribution < -0.4 is 14.3 Å². The molecule has 168 valence electrons. The molecule has 0 spiro atoms. The van der Waals surface area contributed by atoms with Crippen molar-refractivity contribution in [1.82, 2.24) is 8.87 Å². The molecular weight excluding hydrogens is 450 g/mol. The van der Waals surface area contributed by atoms with Gasteiger partial charge >= 0.3 is 0 Å². The van der Waals surface area contributed by atoms with E-state index in [2.05, 4.69) is 4.99 Å². The number of nitrogens with zero attached hydrogens (tertiary/aromatic N) is 3. The highest BCUT2D eigenvalue weighted by Crippen LogP contribution is 2.35. The first kappa shape index (κ1) is 21.2. The van der Waals surface area contributed by atoms with Crippen molar-refractivity contribution in [2.24, 2.45) is 4.99 Å². The summed E-state index contributed by atoms with van der Waals surface area (Å²) in [7, 11) is -3.51. The minimum atomic E-state index is -3.51. The molecule has 2 aliphatic rings. The highest BCUT2D eigenvalue weighted by Gasteiger charge is 2.27. The van der Waals surface area contributed by atoms with Gasteiger partial charge < -0.3 is 14.0 Å². The fraction of sp³-hybridized carbons (Fsp3) is 0.364. The third-order valence-electron chi connectivity index (χ3n) is 5.66. The molecule has 0 unspecified atom stereocenters. The lowest BCUT2D eigenvalue weighted by Gasteiger charge is -2.18. The molecule has 2 aromatic carbocycles. The summed E-state index contributed by atoms with van der Waals surface area (Å²) in [6.07, 6.45) is 1.75. The molecule has 0 N–H and O–H groups in total. The van der Waals surface area contributed by atoms with Crippen LogP contribution in [-0.2, 0) is 16.6 Å². The standard InChI is InChI=1S/C22H23N3O5S2/c1-2-25-17-13-18-19(30-12-11-29-18)14-20(17)31-22(25)23-21(26)15-5-7-16(8-6-15)32(27,28)24-9-3-4-10-24/h5-8,13-14H,2-4,9-12H2,1H3. The first-order valence-electron chi connectivity index (χ1n) is 10.6. The van der Waals surface area contributed by atoms with Gasteiger partial charge in [-0.1, -0.05) is 11.3 Å². The topological polar surface area (TPSA) is 90.2 Å². The second kappa shape index (κ2) is 8.34. The van der Waals surface area contributed by atoms with E-state index in [1.54, 1.807) is 0 Å². The molecule has 8 nitrogen and oxygen atoms in total. The van der Waals surface area contributed by atoms with E-state index < -0.39 is 15.9 Å². The molecule has 0 aliphatic carbocycles. The van der Waals surface area contributed by atoms with Crippen molar-refractivity contribution in [2.75, 3.05) is 26.3 Å². The van der Waals surface area contributed by atoms with Gasteiger partial charge in [0.05, 0.1) is 15.1 Å². The number of carbonyl (C=O) groups is 1. The van der Waals surface area contributed by atoms with Gasteiger partial charge in [0.15, 0.2) is 16.3 Å². The Labute approximate surface area is 189 Å². The summed E-state index contributed by atoms with van der Waals surface area (Å²) >= 11 is 1.41. The minimum Gasteiger partial charge on any atom is -0.486 e. The SMILES string of the molecule is CCn1c(=NC(=O)c2ccc(S(=O)(=O)N3CCCC3)cc2)sc2cc3c(cc21)OCCO3. The van der Waals surface area contributed by atoms with Crippen molar-refractivity contribution in [1.29, 1.82) is 0 Å². The Morgan fingerprint density at radius 3 is 2.38 bits per heavy atom. The Hall–Kier alpha value is -2.69. The van der Waals surface area contributed by atoms with E-state index in [-0.39, 0.29) is 4.90 Å². The third-order valence-corrected chi connectivity index (χ3v) is 8.62. The molecule has 0 atom stereocenters. The number of amides is 1. The number of fused-ring (bicyclic) bond motifs is 2. The molecule has 0 bridgehead atoms. The lowest BCUT2D eigenvalue weighted by molar-refractivity contribution is 0.0997. The van der Waals surface area contributed by atoms with E-state index in [9.17, 15) is 13.2 Å². The minimum absolute atomic E-state index is 0.201. The van der Waals surface area contributed by atoms with Crippen LogP contribution >= 0.6 is 11.3 Å². The highest BCUT2D eigenvalue weighted by atomic mass is 32.2. The van der Waals surface area contributed by atoms with Crippen LogP contribution in [0.15, 0.2) is 46.3 Å². The van der Waals surface area contributed by atoms with Crippen LogP contribution in [0.4, 0.5) is 0 Å². The van der Waals surface area contributed by atoms with Gasteiger partial charge in [-0.25, -0.2) is 8.42 Å². The van der Waals surface area contributed by atoms with Gasteiger partial charge in [-0.15, -0.1) is 0 Å². The summed E-state index contributed by atoms with van der Waals surface area (Å²) < 4.78 is 41.1. The van der Waals surface area contributed by atoms with Crippen molar-refractivity contribution >= 4 is 37.5 Å². The summed E-state index contributed by atoms with van der Waals surface area (Å²) in [6.45, 7) is 4.73. The summed E-state index contributed by atoms with van der Waals surface area (Å²) in [5.74, 6) is 0.971. The molecule has 2 aliphatic heterocycles. The molecule has 5 rings (SSSR count). The average Bonchev–Trinajstić information content (AvgIpc) is 3.46. The molecular formula is C22H23N3O5S2. The van der Waals surface area contributed by atoms with E-state index in [4.69, 9.17) is 9.47 Å². The van der Waals surface area contributed by atoms with Crippen LogP contribution in [0.5, 0.6) is 11.5 Å². The number of thiazole rings is 1. The van der Waals surface area contributed by atoms with E-state index in [0.717, 1.165) is 23.1 Å². The summed E-state index contributed by atoms with van der Waals surface area (Å²) in [5, 5.41) is 0. The zero-order valence-electron chi connectivity index (χ0n) is 17.6. The van der Waals surface area contributed by atoms with Gasteiger partial charge in [0, 0.05) is 37.3 Å². The predicted molar refractivity (Wildman–Crippen MR) is 121 cm³/mol. The lowest BCUT2D eigenvalue weighted by atomic mass is 10.2. The molecule has 1 aromatic heterocycles. The number of rotatable bonds is 4. The Morgan fingerprint density at radius 2 is 1.72 bits per heavy atom. The summed E-state index contributed by atoms with van der Waals surface area (Å²) in [4.78, 5) is 18.0. The second-order valence-corrected chi connectivity index (χ2v) is 10.6. The maximum Gasteiger partial charge on any atom is 0.279 e. The fourth-order valence-corrected chi connectivity index (χ4v) is 6.62. The van der Waals surface area contributed by atoms with E-state index in [1.165, 1.54) is 39.9 Å². The Balaban J connectivity index is 1.47. The average molecular weight is 474 g/mol. The first-order valence-corrected chi connectivity index (χ1v) is 12.9. The number of hydrogen-bond acceptors (Lipinski definition) is 6. The number of hydrogen-bond donors (Lipinski definition) is 0. The largest absolute Gasteiger partial charge is 0.486 e. The zero-order chi connectivity index (χ0) is 22.3. The zero-order valence-corrected chi connectivity index (χ0v) is 19.2. The quantitative estimate of drug-likeness (QED) is 0.581. The third kappa shape index (κ3) is 3.72. The first-order chi connectivity index (χ1) is 15.5. The summed E-state index contributed by atoms with van der Waals surface area (Å²) in [6, 6.07) is 9.86. The van der Waals surface area contributed by atoms with E-state index in [0.29, 0.717) is 54.7 Å². The number of ether oxygens (including phenoxy) is 2. The molecule has 3 heterocycles. The summed E-state index contributed by atoms with van der Waals surface area (Å²) in [5.41, 5.74) is 1.27. The highest BCUT2D eigenvalue weighted by molar-refractivity contribution is 7.89. The molecule has 3 aromatic rings. The molecule has 1 saturated heterocycles. The van der Waals surface area contributed by atoms with Crippen LogP contribution in [0.25, 0.3) is 10.2 Å². The van der Waals surface area contributed by atoms with Crippen LogP contribution in [0, 0.1) is 0 Å². The van der Waals surface area contributed by atoms with Crippen molar-refractivity contribution in [2.45, 2.75) is 31.2 Å². The van der Waals surface area contributed by atoms with Gasteiger partial charge in [-0.2, -0.15) is 9.30 Å². The van der Waals surface area contributed by atoms with Gasteiger partial charge in [0.25, 0.3) is 5.91 Å². The smallest absolute Gasteiger partial charge is 0.279 e. The van der Waals surface area contributed by atoms with Gasteiger partial charge in [-0.3, -0.25) is 4.79 Å². The maximum absolute atomic E-state index is 12.8. The molecule has 0 radical (unpaired) electrons. The molecule has 1 amide bonds. The Morgan fingerprint density at radius 1 is 1.06 bits per heavy atom. The normalized spacial score (nSPS) is 17.2. The van der Waals surface area contributed by atoms with E-state index >= 15 is 0 Å². The molecule has 32 heavy (non-hydrogen) atoms.